The molecule has 1 aromatic heterocycles. The molecular weight excluding hydrogens is 275 g/mol. The van der Waals surface area contributed by atoms with E-state index in [0.717, 1.165) is 0 Å². The minimum atomic E-state index is -1.25. The number of pyridine rings is 1. The van der Waals surface area contributed by atoms with Crippen LogP contribution < -0.4 is 5.46 Å². The summed E-state index contributed by atoms with van der Waals surface area (Å²) >= 11 is 0. The molecule has 0 N–H and O–H groups in total. The minimum absolute atomic E-state index is 0.232. The number of hydrogen-bond donors (Lipinski definition) is 0. The van der Waals surface area contributed by atoms with E-state index < -0.39 is 29.1 Å². The maximum atomic E-state index is 11.9. The summed E-state index contributed by atoms with van der Waals surface area (Å²) in [6.45, 7) is 7.80. The second kappa shape index (κ2) is 4.95. The Bertz CT molecular complexity index is 594. The van der Waals surface area contributed by atoms with Crippen LogP contribution in [0.15, 0.2) is 17.2 Å². The predicted molar refractivity (Wildman–Crippen MR) is 77.0 cm³/mol. The van der Waals surface area contributed by atoms with Gasteiger partial charge in [0.1, 0.15) is 11.8 Å². The fourth-order valence-electron chi connectivity index (χ4n) is 1.90. The summed E-state index contributed by atoms with van der Waals surface area (Å²) in [5.41, 5.74) is -0.102. The first-order valence-corrected chi connectivity index (χ1v) is 7.83. The van der Waals surface area contributed by atoms with Crippen molar-refractivity contribution in [3.8, 4) is 6.07 Å². The van der Waals surface area contributed by atoms with Crippen molar-refractivity contribution < 1.29 is 13.5 Å². The van der Waals surface area contributed by atoms with Crippen molar-refractivity contribution >= 4 is 23.4 Å². The van der Waals surface area contributed by atoms with Gasteiger partial charge in [0.05, 0.1) is 11.2 Å². The lowest BCUT2D eigenvalue weighted by atomic mass is 9.80. The van der Waals surface area contributed by atoms with Crippen molar-refractivity contribution in [1.29, 1.82) is 5.26 Å². The topological polar surface area (TPSA) is 72.2 Å². The van der Waals surface area contributed by atoms with Crippen LogP contribution in [-0.4, -0.2) is 33.8 Å². The summed E-state index contributed by atoms with van der Waals surface area (Å²) < 4.78 is 23.7. The molecule has 0 spiro atoms. The van der Waals surface area contributed by atoms with Crippen LogP contribution in [-0.2, 0) is 20.1 Å². The zero-order valence-electron chi connectivity index (χ0n) is 12.3. The molecule has 20 heavy (non-hydrogen) atoms. The van der Waals surface area contributed by atoms with Crippen LogP contribution >= 0.6 is 0 Å². The first-order chi connectivity index (χ1) is 9.18. The largest absolute Gasteiger partial charge is 0.497 e. The first-order valence-electron chi connectivity index (χ1n) is 6.27. The van der Waals surface area contributed by atoms with Gasteiger partial charge in [0, 0.05) is 33.6 Å². The Morgan fingerprint density at radius 3 is 2.30 bits per heavy atom. The predicted octanol–water partition coefficient (Wildman–Crippen LogP) is 0.990. The highest BCUT2D eigenvalue weighted by atomic mass is 32.2. The van der Waals surface area contributed by atoms with E-state index in [1.54, 1.807) is 6.26 Å². The molecule has 1 aliphatic rings. The molecule has 2 rings (SSSR count). The molecule has 2 heterocycles. The second-order valence-electron chi connectivity index (χ2n) is 5.76. The van der Waals surface area contributed by atoms with Crippen LogP contribution in [0.1, 0.15) is 33.4 Å². The molecule has 1 fully saturated rings. The van der Waals surface area contributed by atoms with Gasteiger partial charge in [-0.1, -0.05) is 0 Å². The van der Waals surface area contributed by atoms with Gasteiger partial charge >= 0.3 is 7.12 Å². The van der Waals surface area contributed by atoms with Gasteiger partial charge in [-0.25, -0.2) is 4.98 Å². The van der Waals surface area contributed by atoms with Crippen LogP contribution in [0.4, 0.5) is 0 Å². The van der Waals surface area contributed by atoms with E-state index in [1.165, 1.54) is 12.3 Å². The Morgan fingerprint density at radius 1 is 1.30 bits per heavy atom. The molecule has 1 saturated heterocycles. The van der Waals surface area contributed by atoms with E-state index in [1.807, 2.05) is 33.8 Å². The third kappa shape index (κ3) is 2.51. The maximum absolute atomic E-state index is 11.9. The van der Waals surface area contributed by atoms with Crippen molar-refractivity contribution in [3.63, 3.8) is 0 Å². The standard InChI is InChI=1S/C13H17BN2O3S/c1-12(2)13(3,4)19-14(18-12)10-8-16-9(7-15)6-11(10)20(5)17/h6,8H,1-5H3. The van der Waals surface area contributed by atoms with E-state index in [0.29, 0.717) is 10.4 Å². The van der Waals surface area contributed by atoms with Crippen molar-refractivity contribution in [3.05, 3.63) is 18.0 Å². The van der Waals surface area contributed by atoms with Gasteiger partial charge in [0.15, 0.2) is 0 Å². The molecule has 1 aliphatic heterocycles. The number of nitriles is 1. The molecule has 0 radical (unpaired) electrons. The first kappa shape index (κ1) is 15.2. The third-order valence-corrected chi connectivity index (χ3v) is 4.80. The van der Waals surface area contributed by atoms with Gasteiger partial charge in [-0.15, -0.1) is 0 Å². The zero-order valence-corrected chi connectivity index (χ0v) is 13.1. The van der Waals surface area contributed by atoms with Gasteiger partial charge in [-0.2, -0.15) is 5.26 Å². The van der Waals surface area contributed by atoms with Crippen molar-refractivity contribution in [2.45, 2.75) is 43.8 Å². The molecule has 1 unspecified atom stereocenters. The van der Waals surface area contributed by atoms with Gasteiger partial charge in [-0.05, 0) is 33.8 Å². The van der Waals surface area contributed by atoms with Gasteiger partial charge in [0.25, 0.3) is 0 Å². The minimum Gasteiger partial charge on any atom is -0.399 e. The van der Waals surface area contributed by atoms with Crippen LogP contribution in [0, 0.1) is 11.3 Å². The lowest BCUT2D eigenvalue weighted by molar-refractivity contribution is 0.00578. The summed E-state index contributed by atoms with van der Waals surface area (Å²) in [6.07, 6.45) is 3.07. The highest BCUT2D eigenvalue weighted by Gasteiger charge is 2.52. The Hall–Kier alpha value is -1.23. The van der Waals surface area contributed by atoms with Crippen LogP contribution in [0.25, 0.3) is 0 Å². The fraction of sp³-hybridized carbons (Fsp3) is 0.538. The molecule has 1 atom stereocenters. The summed E-state index contributed by atoms with van der Waals surface area (Å²) in [5, 5.41) is 8.89. The fourth-order valence-corrected chi connectivity index (χ4v) is 2.66. The molecule has 0 aliphatic carbocycles. The summed E-state index contributed by atoms with van der Waals surface area (Å²) in [7, 11) is -1.87. The zero-order chi connectivity index (χ0) is 15.1. The SMILES string of the molecule is CS(=O)c1cc(C#N)ncc1B1OC(C)(C)C(C)(C)O1. The second-order valence-corrected chi connectivity index (χ2v) is 7.11. The Labute approximate surface area is 121 Å². The Kier molecular flexibility index (Phi) is 3.76. The van der Waals surface area contributed by atoms with Gasteiger partial charge in [0.2, 0.25) is 0 Å². The van der Waals surface area contributed by atoms with Gasteiger partial charge < -0.3 is 9.31 Å². The molecule has 0 amide bonds. The highest BCUT2D eigenvalue weighted by Crippen LogP contribution is 2.36. The number of aromatic nitrogens is 1. The summed E-state index contributed by atoms with van der Waals surface area (Å²) in [6, 6.07) is 3.47. The monoisotopic (exact) mass is 292 g/mol. The smallest absolute Gasteiger partial charge is 0.399 e. The molecule has 7 heteroatoms. The third-order valence-electron chi connectivity index (χ3n) is 3.83. The van der Waals surface area contributed by atoms with E-state index in [9.17, 15) is 4.21 Å². The summed E-state index contributed by atoms with van der Waals surface area (Å²) in [5.74, 6) is 0. The van der Waals surface area contributed by atoms with Crippen LogP contribution in [0.2, 0.25) is 0 Å². The molecule has 106 valence electrons. The molecule has 1 aromatic rings. The molecule has 0 aromatic carbocycles. The maximum Gasteiger partial charge on any atom is 0.497 e. The molecule has 5 nitrogen and oxygen atoms in total. The number of rotatable bonds is 2. The highest BCUT2D eigenvalue weighted by molar-refractivity contribution is 7.84. The van der Waals surface area contributed by atoms with E-state index in [4.69, 9.17) is 14.6 Å². The van der Waals surface area contributed by atoms with Crippen molar-refractivity contribution in [2.24, 2.45) is 0 Å². The molecule has 0 bridgehead atoms. The Morgan fingerprint density at radius 2 is 1.85 bits per heavy atom. The van der Waals surface area contributed by atoms with Crippen LogP contribution in [0.3, 0.4) is 0 Å². The average molecular weight is 292 g/mol. The normalized spacial score (nSPS) is 21.5. The lowest BCUT2D eigenvalue weighted by Crippen LogP contribution is -2.41. The number of hydrogen-bond acceptors (Lipinski definition) is 5. The van der Waals surface area contributed by atoms with E-state index >= 15 is 0 Å². The van der Waals surface area contributed by atoms with Crippen molar-refractivity contribution in [2.75, 3.05) is 6.26 Å². The molecular formula is C13H17BN2O3S. The molecule has 0 saturated carbocycles. The van der Waals surface area contributed by atoms with E-state index in [-0.39, 0.29) is 5.69 Å². The van der Waals surface area contributed by atoms with E-state index in [2.05, 4.69) is 4.98 Å². The quantitative estimate of drug-likeness (QED) is 0.760. The summed E-state index contributed by atoms with van der Waals surface area (Å²) in [4.78, 5) is 4.55. The Balaban J connectivity index is 2.45. The number of nitrogens with zero attached hydrogens (tertiary/aromatic N) is 2. The van der Waals surface area contributed by atoms with Gasteiger partial charge in [-0.3, -0.25) is 4.21 Å². The lowest BCUT2D eigenvalue weighted by Gasteiger charge is -2.32. The van der Waals surface area contributed by atoms with Crippen molar-refractivity contribution in [1.82, 2.24) is 4.98 Å². The average Bonchev–Trinajstić information content (AvgIpc) is 2.57. The van der Waals surface area contributed by atoms with Crippen LogP contribution in [0.5, 0.6) is 0 Å².